The third-order valence-corrected chi connectivity index (χ3v) is 5.57. The predicted octanol–water partition coefficient (Wildman–Crippen LogP) is 2.30. The molecule has 0 saturated heterocycles. The van der Waals surface area contributed by atoms with Gasteiger partial charge in [0.15, 0.2) is 21.4 Å². The van der Waals surface area contributed by atoms with Crippen LogP contribution >= 0.6 is 0 Å². The van der Waals surface area contributed by atoms with Crippen molar-refractivity contribution in [3.05, 3.63) is 23.3 Å². The molecule has 0 unspecified atom stereocenters. The normalized spacial score (nSPS) is 17.1. The quantitative estimate of drug-likeness (QED) is 0.785. The van der Waals surface area contributed by atoms with E-state index in [1.54, 1.807) is 0 Å². The van der Waals surface area contributed by atoms with E-state index >= 15 is 0 Å². The molecule has 1 aliphatic rings. The lowest BCUT2D eigenvalue weighted by molar-refractivity contribution is -0.143. The van der Waals surface area contributed by atoms with Gasteiger partial charge in [-0.1, -0.05) is 24.4 Å². The molecule has 8 nitrogen and oxygen atoms in total. The van der Waals surface area contributed by atoms with Crippen LogP contribution in [0.4, 0.5) is 13.2 Å². The number of sulfone groups is 1. The molecule has 1 aliphatic carbocycles. The average molecular weight is 379 g/mol. The Morgan fingerprint density at radius 3 is 2.60 bits per heavy atom. The topological polar surface area (TPSA) is 104 Å². The molecule has 0 aliphatic heterocycles. The number of aromatic nitrogens is 5. The number of halogens is 3. The fourth-order valence-corrected chi connectivity index (χ4v) is 4.36. The highest BCUT2D eigenvalue weighted by Crippen LogP contribution is 2.32. The van der Waals surface area contributed by atoms with Crippen LogP contribution in [0.1, 0.15) is 55.2 Å². The van der Waals surface area contributed by atoms with Gasteiger partial charge in [-0.2, -0.15) is 13.2 Å². The molecule has 2 aromatic heterocycles. The summed E-state index contributed by atoms with van der Waals surface area (Å²) in [6.07, 6.45) is 0.745. The molecule has 0 radical (unpaired) electrons. The molecule has 0 bridgehead atoms. The third-order valence-electron chi connectivity index (χ3n) is 4.12. The first kappa shape index (κ1) is 17.8. The summed E-state index contributed by atoms with van der Waals surface area (Å²) < 4.78 is 68.8. The summed E-state index contributed by atoms with van der Waals surface area (Å²) in [6.45, 7) is 0. The molecule has 138 valence electrons. The zero-order valence-electron chi connectivity index (χ0n) is 13.1. The minimum Gasteiger partial charge on any atom is -0.364 e. The van der Waals surface area contributed by atoms with Crippen molar-refractivity contribution in [2.45, 2.75) is 55.8 Å². The van der Waals surface area contributed by atoms with Crippen molar-refractivity contribution in [3.8, 4) is 0 Å². The summed E-state index contributed by atoms with van der Waals surface area (Å²) in [5, 5.41) is 14.0. The average Bonchev–Trinajstić information content (AvgIpc) is 3.16. The van der Waals surface area contributed by atoms with Gasteiger partial charge in [0.25, 0.3) is 0 Å². The number of tetrazole rings is 1. The number of alkyl halides is 3. The lowest BCUT2D eigenvalue weighted by atomic mass is 9.96. The fourth-order valence-electron chi connectivity index (χ4n) is 2.99. The van der Waals surface area contributed by atoms with E-state index in [2.05, 4.69) is 25.2 Å². The van der Waals surface area contributed by atoms with Gasteiger partial charge in [0.05, 0.1) is 11.8 Å². The number of hydrogen-bond donors (Lipinski definition) is 0. The molecule has 0 amide bonds. The standard InChI is InChI=1S/C13H16F3N5O3S/c14-13(15,16)12-9(6-24-18-12)7-25(22,23)8-11-17-19-20-21(11)10-4-2-1-3-5-10/h6,10H,1-5,7-8H2. The van der Waals surface area contributed by atoms with Gasteiger partial charge >= 0.3 is 6.18 Å². The molecular weight excluding hydrogens is 363 g/mol. The van der Waals surface area contributed by atoms with Crippen LogP contribution in [0, 0.1) is 0 Å². The van der Waals surface area contributed by atoms with Gasteiger partial charge in [-0.05, 0) is 23.3 Å². The summed E-state index contributed by atoms with van der Waals surface area (Å²) in [5.41, 5.74) is -1.85. The first-order chi connectivity index (χ1) is 11.8. The Morgan fingerprint density at radius 2 is 1.92 bits per heavy atom. The Bertz CT molecular complexity index is 824. The maximum Gasteiger partial charge on any atom is 0.437 e. The van der Waals surface area contributed by atoms with Crippen LogP contribution in [0.5, 0.6) is 0 Å². The van der Waals surface area contributed by atoms with E-state index in [1.165, 1.54) is 4.68 Å². The van der Waals surface area contributed by atoms with Gasteiger partial charge in [0.1, 0.15) is 12.0 Å². The van der Waals surface area contributed by atoms with Crippen molar-refractivity contribution in [3.63, 3.8) is 0 Å². The van der Waals surface area contributed by atoms with Crippen molar-refractivity contribution in [2.75, 3.05) is 0 Å². The van der Waals surface area contributed by atoms with Gasteiger partial charge in [-0.3, -0.25) is 0 Å². The second kappa shape index (κ2) is 6.73. The van der Waals surface area contributed by atoms with Crippen molar-refractivity contribution in [2.24, 2.45) is 0 Å². The van der Waals surface area contributed by atoms with Crippen LogP contribution in [0.15, 0.2) is 10.8 Å². The van der Waals surface area contributed by atoms with E-state index in [0.717, 1.165) is 32.1 Å². The molecule has 2 aromatic rings. The van der Waals surface area contributed by atoms with Gasteiger partial charge in [0, 0.05) is 5.56 Å². The van der Waals surface area contributed by atoms with E-state index in [-0.39, 0.29) is 11.9 Å². The van der Waals surface area contributed by atoms with Gasteiger partial charge in [-0.25, -0.2) is 13.1 Å². The number of nitrogens with zero attached hydrogens (tertiary/aromatic N) is 5. The number of rotatable bonds is 5. The molecular formula is C13H16F3N5O3S. The minimum atomic E-state index is -4.78. The van der Waals surface area contributed by atoms with Crippen molar-refractivity contribution in [1.82, 2.24) is 25.4 Å². The third kappa shape index (κ3) is 4.17. The van der Waals surface area contributed by atoms with Crippen molar-refractivity contribution < 1.29 is 26.1 Å². The Kier molecular flexibility index (Phi) is 4.80. The van der Waals surface area contributed by atoms with Crippen LogP contribution < -0.4 is 0 Å². The first-order valence-corrected chi connectivity index (χ1v) is 9.56. The van der Waals surface area contributed by atoms with Gasteiger partial charge in [0.2, 0.25) is 0 Å². The highest BCUT2D eigenvalue weighted by molar-refractivity contribution is 7.89. The number of hydrogen-bond acceptors (Lipinski definition) is 7. The summed E-state index contributed by atoms with van der Waals surface area (Å²) in [4.78, 5) is 0. The minimum absolute atomic E-state index is 0.0234. The zero-order chi connectivity index (χ0) is 18.1. The second-order valence-corrected chi connectivity index (χ2v) is 8.11. The van der Waals surface area contributed by atoms with Crippen LogP contribution in [0.2, 0.25) is 0 Å². The Hall–Kier alpha value is -1.98. The molecule has 1 saturated carbocycles. The molecule has 0 N–H and O–H groups in total. The smallest absolute Gasteiger partial charge is 0.364 e. The summed E-state index contributed by atoms with van der Waals surface area (Å²) in [6, 6.07) is 0.0234. The fraction of sp³-hybridized carbons (Fsp3) is 0.692. The second-order valence-electron chi connectivity index (χ2n) is 6.05. The van der Waals surface area contributed by atoms with E-state index in [9.17, 15) is 21.6 Å². The molecule has 3 rings (SSSR count). The van der Waals surface area contributed by atoms with Crippen LogP contribution in [0.25, 0.3) is 0 Å². The van der Waals surface area contributed by atoms with E-state index < -0.39 is 38.8 Å². The van der Waals surface area contributed by atoms with E-state index in [0.29, 0.717) is 6.26 Å². The van der Waals surface area contributed by atoms with E-state index in [1.807, 2.05) is 0 Å². The SMILES string of the molecule is O=S(=O)(Cc1conc1C(F)(F)F)Cc1nnnn1C1CCCCC1. The molecule has 1 fully saturated rings. The van der Waals surface area contributed by atoms with Gasteiger partial charge in [-0.15, -0.1) is 5.10 Å². The molecule has 2 heterocycles. The summed E-state index contributed by atoms with van der Waals surface area (Å²) >= 11 is 0. The maximum absolute atomic E-state index is 12.8. The largest absolute Gasteiger partial charge is 0.437 e. The zero-order valence-corrected chi connectivity index (χ0v) is 13.9. The molecule has 0 atom stereocenters. The molecule has 25 heavy (non-hydrogen) atoms. The van der Waals surface area contributed by atoms with E-state index in [4.69, 9.17) is 0 Å². The van der Waals surface area contributed by atoms with Gasteiger partial charge < -0.3 is 4.52 Å². The molecule has 0 aromatic carbocycles. The molecule has 0 spiro atoms. The Morgan fingerprint density at radius 1 is 1.20 bits per heavy atom. The highest BCUT2D eigenvalue weighted by atomic mass is 32.2. The maximum atomic E-state index is 12.8. The summed E-state index contributed by atoms with van der Waals surface area (Å²) in [5.74, 6) is -1.25. The summed E-state index contributed by atoms with van der Waals surface area (Å²) in [7, 11) is -3.93. The van der Waals surface area contributed by atoms with Crippen molar-refractivity contribution in [1.29, 1.82) is 0 Å². The lowest BCUT2D eigenvalue weighted by Gasteiger charge is -2.22. The first-order valence-electron chi connectivity index (χ1n) is 7.74. The lowest BCUT2D eigenvalue weighted by Crippen LogP contribution is -2.20. The Balaban J connectivity index is 1.77. The van der Waals surface area contributed by atoms with Crippen molar-refractivity contribution >= 4 is 9.84 Å². The molecule has 12 heteroatoms. The predicted molar refractivity (Wildman–Crippen MR) is 77.8 cm³/mol. The van der Waals surface area contributed by atoms with Crippen LogP contribution in [-0.2, 0) is 27.5 Å². The monoisotopic (exact) mass is 379 g/mol. The highest BCUT2D eigenvalue weighted by Gasteiger charge is 2.38. The Labute approximate surface area is 141 Å². The van der Waals surface area contributed by atoms with Crippen LogP contribution in [0.3, 0.4) is 0 Å². The van der Waals surface area contributed by atoms with Crippen LogP contribution in [-0.4, -0.2) is 33.8 Å².